The lowest BCUT2D eigenvalue weighted by atomic mass is 10.0. The van der Waals surface area contributed by atoms with Gasteiger partial charge in [0.1, 0.15) is 30.6 Å². The molecule has 0 bridgehead atoms. The molecule has 1 unspecified atom stereocenters. The molecule has 4 aliphatic heterocycles. The number of β-lactam (4-membered cyclic amide) rings is 1. The third-order valence-corrected chi connectivity index (χ3v) is 7.41. The zero-order valence-electron chi connectivity index (χ0n) is 18.9. The molecule has 2 amide bonds. The number of carbonyl (C=O) groups excluding carboxylic acids is 2. The van der Waals surface area contributed by atoms with Crippen LogP contribution in [0.1, 0.15) is 12.7 Å². The first-order valence-corrected chi connectivity index (χ1v) is 12.3. The number of nitrogens with one attached hydrogen (secondary N) is 2. The number of amides is 2. The Kier molecular flexibility index (Phi) is 6.00. The lowest BCUT2D eigenvalue weighted by Crippen LogP contribution is -2.71. The lowest BCUT2D eigenvalue weighted by Gasteiger charge is -2.49. The van der Waals surface area contributed by atoms with Crippen LogP contribution in [0.4, 0.5) is 5.13 Å². The fourth-order valence-corrected chi connectivity index (χ4v) is 5.73. The van der Waals surface area contributed by atoms with Crippen molar-refractivity contribution in [3.05, 3.63) is 40.8 Å². The molecule has 0 aromatic carbocycles. The van der Waals surface area contributed by atoms with Crippen LogP contribution in [0.2, 0.25) is 0 Å². The molecule has 5 rings (SSSR count). The summed E-state index contributed by atoms with van der Waals surface area (Å²) in [6, 6.07) is -0.960. The van der Waals surface area contributed by atoms with Gasteiger partial charge in [0.2, 0.25) is 11.5 Å². The summed E-state index contributed by atoms with van der Waals surface area (Å²) in [7, 11) is 1.25. The number of allylic oxidation sites excluding steroid dienone is 3. The molecule has 2 atom stereocenters. The summed E-state index contributed by atoms with van der Waals surface area (Å²) >= 11 is 2.23. The highest BCUT2D eigenvalue weighted by molar-refractivity contribution is 8.00. The van der Waals surface area contributed by atoms with Gasteiger partial charge in [0.25, 0.3) is 11.8 Å². The van der Waals surface area contributed by atoms with Crippen LogP contribution in [-0.4, -0.2) is 90.0 Å². The number of rotatable bonds is 7. The number of anilines is 1. The minimum absolute atomic E-state index is 0.0388. The predicted molar refractivity (Wildman–Crippen MR) is 130 cm³/mol. The number of oxime groups is 1. The van der Waals surface area contributed by atoms with Gasteiger partial charge in [-0.3, -0.25) is 19.9 Å². The molecule has 1 saturated heterocycles. The number of hydrogen-bond donors (Lipinski definition) is 4. The fraction of sp³-hybridized carbons (Fsp3) is 0.316. The van der Waals surface area contributed by atoms with Crippen LogP contribution < -0.4 is 16.5 Å². The lowest BCUT2D eigenvalue weighted by molar-refractivity contribution is -0.150. The molecular formula is C19H20N10O5S2. The van der Waals surface area contributed by atoms with E-state index in [0.29, 0.717) is 11.3 Å². The van der Waals surface area contributed by atoms with Crippen molar-refractivity contribution in [1.29, 1.82) is 0 Å². The smallest absolute Gasteiger partial charge is 0.352 e. The second-order valence-electron chi connectivity index (χ2n) is 7.85. The van der Waals surface area contributed by atoms with Crippen molar-refractivity contribution in [2.75, 3.05) is 25.1 Å². The number of nitrogens with two attached hydrogens (primary N) is 1. The maximum atomic E-state index is 13.0. The number of carboxylic acids is 1. The van der Waals surface area contributed by atoms with E-state index in [-0.39, 0.29) is 28.9 Å². The minimum Gasteiger partial charge on any atom is -0.477 e. The van der Waals surface area contributed by atoms with Gasteiger partial charge in [-0.1, -0.05) is 5.16 Å². The van der Waals surface area contributed by atoms with Crippen molar-refractivity contribution >= 4 is 58.3 Å². The Morgan fingerprint density at radius 1 is 1.42 bits per heavy atom. The average Bonchev–Trinajstić information content (AvgIpc) is 3.45. The fourth-order valence-electron chi connectivity index (χ4n) is 3.96. The summed E-state index contributed by atoms with van der Waals surface area (Å²) in [4.78, 5) is 49.7. The highest BCUT2D eigenvalue weighted by atomic mass is 32.2. The Morgan fingerprint density at radius 2 is 2.22 bits per heavy atom. The number of thioether (sulfide) groups is 1. The number of carboxylic acid groups (broad SMARTS) is 1. The van der Waals surface area contributed by atoms with E-state index in [0.717, 1.165) is 23.1 Å². The zero-order valence-corrected chi connectivity index (χ0v) is 20.5. The van der Waals surface area contributed by atoms with Crippen molar-refractivity contribution < 1.29 is 24.3 Å². The van der Waals surface area contributed by atoms with Crippen LogP contribution in [0.15, 0.2) is 45.2 Å². The molecule has 4 aliphatic rings. The SMILES string of the molecule is CO/N=C(\C(=O)NC1C(=O)N2C(C(=O)O)=C(CN3C=NN4NC(C)=CC=C34)CS[C@@H]12)c1nsc(N)n1. The largest absolute Gasteiger partial charge is 0.477 e. The molecule has 0 aliphatic carbocycles. The van der Waals surface area contributed by atoms with Gasteiger partial charge >= 0.3 is 5.97 Å². The summed E-state index contributed by atoms with van der Waals surface area (Å²) < 4.78 is 3.95. The number of hydrazone groups is 1. The number of hydrogen-bond acceptors (Lipinski definition) is 14. The summed E-state index contributed by atoms with van der Waals surface area (Å²) in [6.45, 7) is 2.12. The van der Waals surface area contributed by atoms with Gasteiger partial charge in [-0.15, -0.1) is 16.9 Å². The van der Waals surface area contributed by atoms with Crippen molar-refractivity contribution in [1.82, 2.24) is 35.0 Å². The zero-order chi connectivity index (χ0) is 25.6. The van der Waals surface area contributed by atoms with E-state index in [1.54, 1.807) is 16.4 Å². The van der Waals surface area contributed by atoms with Crippen LogP contribution in [0.5, 0.6) is 0 Å². The van der Waals surface area contributed by atoms with E-state index in [4.69, 9.17) is 10.6 Å². The van der Waals surface area contributed by atoms with Gasteiger partial charge in [-0.05, 0) is 24.6 Å². The third kappa shape index (κ3) is 4.01. The Labute approximate surface area is 212 Å². The Balaban J connectivity index is 1.33. The second-order valence-corrected chi connectivity index (χ2v) is 9.74. The first-order chi connectivity index (χ1) is 17.3. The van der Waals surface area contributed by atoms with Crippen molar-refractivity contribution in [2.24, 2.45) is 10.3 Å². The second kappa shape index (κ2) is 9.15. The predicted octanol–water partition coefficient (Wildman–Crippen LogP) is -0.966. The van der Waals surface area contributed by atoms with Crippen molar-refractivity contribution in [3.8, 4) is 0 Å². The maximum absolute atomic E-state index is 13.0. The molecule has 5 heterocycles. The molecule has 188 valence electrons. The molecule has 15 nitrogen and oxygen atoms in total. The first-order valence-electron chi connectivity index (χ1n) is 10.5. The number of aromatic nitrogens is 2. The van der Waals surface area contributed by atoms with E-state index in [2.05, 4.69) is 30.4 Å². The number of aliphatic carboxylic acids is 1. The highest BCUT2D eigenvalue weighted by Gasteiger charge is 2.54. The van der Waals surface area contributed by atoms with Gasteiger partial charge in [0.05, 0.1) is 0 Å². The van der Waals surface area contributed by atoms with Crippen molar-refractivity contribution in [3.63, 3.8) is 0 Å². The average molecular weight is 533 g/mol. The van der Waals surface area contributed by atoms with E-state index < -0.39 is 29.2 Å². The van der Waals surface area contributed by atoms with Crippen LogP contribution in [0.3, 0.4) is 0 Å². The molecule has 36 heavy (non-hydrogen) atoms. The maximum Gasteiger partial charge on any atom is 0.352 e. The summed E-state index contributed by atoms with van der Waals surface area (Å²) in [5, 5.41) is 21.6. The van der Waals surface area contributed by atoms with Gasteiger partial charge in [-0.2, -0.15) is 14.5 Å². The molecule has 0 radical (unpaired) electrons. The summed E-state index contributed by atoms with van der Waals surface area (Å²) in [6.07, 6.45) is 5.34. The molecule has 0 spiro atoms. The van der Waals surface area contributed by atoms with Crippen LogP contribution in [0.25, 0.3) is 0 Å². The molecule has 17 heteroatoms. The number of fused-ring (bicyclic) bond motifs is 2. The number of nitrogen functional groups attached to an aromatic ring is 1. The molecule has 5 N–H and O–H groups in total. The molecule has 1 aromatic heterocycles. The van der Waals surface area contributed by atoms with Gasteiger partial charge in [-0.25, -0.2) is 4.79 Å². The monoisotopic (exact) mass is 532 g/mol. The van der Waals surface area contributed by atoms with Gasteiger partial charge in [0.15, 0.2) is 11.0 Å². The number of carbonyl (C=O) groups is 3. The Hall–Kier alpha value is -4.12. The molecule has 1 aromatic rings. The number of hydrazine groups is 1. The Morgan fingerprint density at radius 3 is 2.92 bits per heavy atom. The normalized spacial score (nSPS) is 22.9. The quantitative estimate of drug-likeness (QED) is 0.191. The van der Waals surface area contributed by atoms with Gasteiger partial charge in [0, 0.05) is 29.5 Å². The Bertz CT molecular complexity index is 1300. The number of nitrogens with zero attached hydrogens (tertiary/aromatic N) is 7. The highest BCUT2D eigenvalue weighted by Crippen LogP contribution is 2.41. The van der Waals surface area contributed by atoms with Gasteiger partial charge < -0.3 is 25.9 Å². The topological polar surface area (TPSA) is 191 Å². The van der Waals surface area contributed by atoms with E-state index in [1.165, 1.54) is 23.8 Å². The first kappa shape index (κ1) is 23.6. The van der Waals surface area contributed by atoms with Crippen LogP contribution >= 0.6 is 23.3 Å². The van der Waals surface area contributed by atoms with E-state index in [9.17, 15) is 19.5 Å². The van der Waals surface area contributed by atoms with Crippen LogP contribution in [0, 0.1) is 0 Å². The molecule has 0 saturated carbocycles. The standard InChI is InChI=1S/C19H20N10O5S2/c1-8-3-4-10-27(7-21-29(10)24-8)5-9-6-35-17-12(16(31)28(17)13(9)18(32)33)22-15(30)11(25-34-2)14-23-19(20)36-26-14/h3-4,7,12,17,24H,5-6H2,1-2H3,(H,22,30)(H,32,33)(H2,20,23,26)/b25-11-/t12?,17-/m0/s1. The van der Waals surface area contributed by atoms with Crippen molar-refractivity contribution in [2.45, 2.75) is 18.3 Å². The summed E-state index contributed by atoms with van der Waals surface area (Å²) in [5.74, 6) is -1.49. The molecular weight excluding hydrogens is 512 g/mol. The summed E-state index contributed by atoms with van der Waals surface area (Å²) in [5.41, 5.74) is 9.78. The van der Waals surface area contributed by atoms with E-state index in [1.807, 2.05) is 19.1 Å². The van der Waals surface area contributed by atoms with Crippen LogP contribution in [-0.2, 0) is 19.2 Å². The third-order valence-electron chi connectivity index (χ3n) is 5.53. The molecule has 1 fully saturated rings. The minimum atomic E-state index is -1.23. The van der Waals surface area contributed by atoms with E-state index >= 15 is 0 Å².